The lowest BCUT2D eigenvalue weighted by Crippen LogP contribution is -2.52. The molecule has 4 unspecified atom stereocenters. The molecule has 0 aromatic carbocycles. The second-order valence-electron chi connectivity index (χ2n) is 4.35. The van der Waals surface area contributed by atoms with Crippen molar-refractivity contribution in [2.45, 2.75) is 31.5 Å². The molecule has 0 amide bonds. The minimum Gasteiger partial charge on any atom is -0.762 e. The molecule has 0 saturated carbocycles. The van der Waals surface area contributed by atoms with Gasteiger partial charge in [0, 0.05) is 25.2 Å². The van der Waals surface area contributed by atoms with Gasteiger partial charge < -0.3 is 10.4 Å². The highest BCUT2D eigenvalue weighted by molar-refractivity contribution is 4.96. The highest BCUT2D eigenvalue weighted by atomic mass is 19.2. The van der Waals surface area contributed by atoms with Gasteiger partial charge in [-0.05, 0) is 19.3 Å². The van der Waals surface area contributed by atoms with Gasteiger partial charge in [0.25, 0.3) is 0 Å². The molecule has 15 heavy (non-hydrogen) atoms. The average Bonchev–Trinajstić information content (AvgIpc) is 2.48. The van der Waals surface area contributed by atoms with Crippen molar-refractivity contribution >= 4 is 0 Å². The van der Waals surface area contributed by atoms with Crippen LogP contribution in [0.15, 0.2) is 0 Å². The first-order chi connectivity index (χ1) is 7.08. The lowest BCUT2D eigenvalue weighted by Gasteiger charge is -2.38. The molecule has 2 aliphatic rings. The highest BCUT2D eigenvalue weighted by Gasteiger charge is 2.42. The van der Waals surface area contributed by atoms with Crippen LogP contribution in [-0.4, -0.2) is 46.8 Å². The standard InChI is InChI=1S/C8H16FN4O2/c1-5-7-2-6(3-13(14)15)12(9)4-8(7)11-10-5/h5-8,10-11,14H,2-4H2,1H3/q-1. The van der Waals surface area contributed by atoms with Gasteiger partial charge in [0.2, 0.25) is 0 Å². The van der Waals surface area contributed by atoms with Gasteiger partial charge in [0.05, 0.1) is 6.04 Å². The van der Waals surface area contributed by atoms with E-state index in [-0.39, 0.29) is 30.4 Å². The topological polar surface area (TPSA) is 73.8 Å². The van der Waals surface area contributed by atoms with Crippen LogP contribution in [0.4, 0.5) is 4.48 Å². The molecule has 2 fully saturated rings. The van der Waals surface area contributed by atoms with Crippen molar-refractivity contribution in [1.29, 1.82) is 0 Å². The van der Waals surface area contributed by atoms with Crippen molar-refractivity contribution in [2.24, 2.45) is 5.92 Å². The Bertz CT molecular complexity index is 231. The predicted octanol–water partition coefficient (Wildman–Crippen LogP) is -0.385. The van der Waals surface area contributed by atoms with Crippen LogP contribution in [-0.2, 0) is 0 Å². The summed E-state index contributed by atoms with van der Waals surface area (Å²) in [6.45, 7) is 2.07. The second-order valence-corrected chi connectivity index (χ2v) is 4.35. The fourth-order valence-electron chi connectivity index (χ4n) is 2.46. The molecule has 0 radical (unpaired) electrons. The number of hydrogen-bond acceptors (Lipinski definition) is 6. The van der Waals surface area contributed by atoms with Crippen LogP contribution in [0.25, 0.3) is 0 Å². The Kier molecular flexibility index (Phi) is 3.19. The van der Waals surface area contributed by atoms with Crippen LogP contribution in [0.5, 0.6) is 0 Å². The van der Waals surface area contributed by atoms with Crippen molar-refractivity contribution < 1.29 is 9.69 Å². The number of rotatable bonds is 2. The number of piperidine rings is 1. The Morgan fingerprint density at radius 3 is 3.00 bits per heavy atom. The summed E-state index contributed by atoms with van der Waals surface area (Å²) in [5.74, 6) is 0.307. The molecule has 3 N–H and O–H groups in total. The van der Waals surface area contributed by atoms with E-state index in [9.17, 15) is 9.69 Å². The molecule has 2 aliphatic heterocycles. The Morgan fingerprint density at radius 2 is 2.33 bits per heavy atom. The van der Waals surface area contributed by atoms with Gasteiger partial charge in [-0.3, -0.25) is 16.1 Å². The van der Waals surface area contributed by atoms with E-state index in [0.717, 1.165) is 0 Å². The lowest BCUT2D eigenvalue weighted by atomic mass is 9.85. The van der Waals surface area contributed by atoms with E-state index in [2.05, 4.69) is 10.9 Å². The molecule has 0 aliphatic carbocycles. The summed E-state index contributed by atoms with van der Waals surface area (Å²) < 4.78 is 13.5. The third kappa shape index (κ3) is 2.27. The van der Waals surface area contributed by atoms with Crippen LogP contribution in [0.2, 0.25) is 0 Å². The monoisotopic (exact) mass is 219 g/mol. The molecule has 0 aromatic heterocycles. The molecule has 88 valence electrons. The van der Waals surface area contributed by atoms with Gasteiger partial charge in [-0.15, -0.1) is 9.60 Å². The third-order valence-electron chi connectivity index (χ3n) is 3.33. The smallest absolute Gasteiger partial charge is 0.0546 e. The number of fused-ring (bicyclic) bond motifs is 1. The Morgan fingerprint density at radius 1 is 1.60 bits per heavy atom. The molecule has 0 spiro atoms. The van der Waals surface area contributed by atoms with Gasteiger partial charge in [-0.25, -0.2) is 0 Å². The van der Waals surface area contributed by atoms with Gasteiger partial charge in [0.15, 0.2) is 0 Å². The Hall–Kier alpha value is -0.310. The summed E-state index contributed by atoms with van der Waals surface area (Å²) in [7, 11) is 0. The second kappa shape index (κ2) is 4.28. The van der Waals surface area contributed by atoms with E-state index in [1.807, 2.05) is 6.92 Å². The maximum atomic E-state index is 13.5. The molecule has 2 rings (SSSR count). The number of hydrogen-bond donors (Lipinski definition) is 3. The maximum Gasteiger partial charge on any atom is 0.0546 e. The number of nitrogens with zero attached hydrogens (tertiary/aromatic N) is 2. The number of halogens is 1. The number of hydrazine groups is 1. The average molecular weight is 219 g/mol. The largest absolute Gasteiger partial charge is 0.762 e. The molecular formula is C8H16FN4O2-. The quantitative estimate of drug-likeness (QED) is 0.434. The van der Waals surface area contributed by atoms with E-state index < -0.39 is 6.04 Å². The van der Waals surface area contributed by atoms with Crippen LogP contribution in [0, 0.1) is 11.1 Å². The number of hydroxylamine groups is 2. The van der Waals surface area contributed by atoms with E-state index >= 15 is 0 Å². The molecule has 0 bridgehead atoms. The Balaban J connectivity index is 1.97. The first kappa shape index (κ1) is 11.2. The Labute approximate surface area is 87.5 Å². The minimum atomic E-state index is -0.516. The van der Waals surface area contributed by atoms with Crippen molar-refractivity contribution in [3.63, 3.8) is 0 Å². The summed E-state index contributed by atoms with van der Waals surface area (Å²) >= 11 is 0. The van der Waals surface area contributed by atoms with Crippen LogP contribution >= 0.6 is 0 Å². The third-order valence-corrected chi connectivity index (χ3v) is 3.33. The van der Waals surface area contributed by atoms with Crippen molar-refractivity contribution in [3.8, 4) is 0 Å². The van der Waals surface area contributed by atoms with Gasteiger partial charge in [-0.1, -0.05) is 0 Å². The fraction of sp³-hybridized carbons (Fsp3) is 1.00. The molecule has 4 atom stereocenters. The number of nitrogens with one attached hydrogen (secondary N) is 2. The first-order valence-electron chi connectivity index (χ1n) is 5.15. The summed E-state index contributed by atoms with van der Waals surface area (Å²) in [5.41, 5.74) is 6.09. The summed E-state index contributed by atoms with van der Waals surface area (Å²) in [4.78, 5) is 0. The summed E-state index contributed by atoms with van der Waals surface area (Å²) in [6, 6.07) is -0.164. The van der Waals surface area contributed by atoms with Gasteiger partial charge >= 0.3 is 0 Å². The van der Waals surface area contributed by atoms with Crippen LogP contribution in [0.1, 0.15) is 13.3 Å². The van der Waals surface area contributed by atoms with Crippen molar-refractivity contribution in [2.75, 3.05) is 13.1 Å². The van der Waals surface area contributed by atoms with Gasteiger partial charge in [-0.2, -0.15) is 0 Å². The van der Waals surface area contributed by atoms with E-state index in [4.69, 9.17) is 5.21 Å². The minimum absolute atomic E-state index is 0.0834. The normalized spacial score (nSPS) is 42.2. The lowest BCUT2D eigenvalue weighted by molar-refractivity contribution is -0.118. The van der Waals surface area contributed by atoms with E-state index in [0.29, 0.717) is 17.5 Å². The highest BCUT2D eigenvalue weighted by Crippen LogP contribution is 2.29. The SMILES string of the molecule is CC1NNC2CN(F)C(CN([O-])O)CC12. The van der Waals surface area contributed by atoms with Crippen LogP contribution < -0.4 is 10.9 Å². The molecule has 2 heterocycles. The molecule has 6 nitrogen and oxygen atoms in total. The predicted molar refractivity (Wildman–Crippen MR) is 51.1 cm³/mol. The van der Waals surface area contributed by atoms with Crippen LogP contribution in [0.3, 0.4) is 0 Å². The zero-order valence-corrected chi connectivity index (χ0v) is 8.56. The zero-order valence-electron chi connectivity index (χ0n) is 8.56. The van der Waals surface area contributed by atoms with E-state index in [1.165, 1.54) is 0 Å². The van der Waals surface area contributed by atoms with Crippen molar-refractivity contribution in [1.82, 2.24) is 21.2 Å². The fourth-order valence-corrected chi connectivity index (χ4v) is 2.46. The molecular weight excluding hydrogens is 203 g/mol. The van der Waals surface area contributed by atoms with Crippen molar-refractivity contribution in [3.05, 3.63) is 5.21 Å². The molecule has 2 saturated heterocycles. The zero-order chi connectivity index (χ0) is 11.0. The maximum absolute atomic E-state index is 13.5. The van der Waals surface area contributed by atoms with E-state index in [1.54, 1.807) is 0 Å². The summed E-state index contributed by atoms with van der Waals surface area (Å²) in [5, 5.41) is 19.5. The first-order valence-corrected chi connectivity index (χ1v) is 5.15. The summed E-state index contributed by atoms with van der Waals surface area (Å²) in [6.07, 6.45) is 0.571. The molecule has 7 heteroatoms. The molecule has 0 aromatic rings. The van der Waals surface area contributed by atoms with Gasteiger partial charge in [0.1, 0.15) is 0 Å².